The molecule has 2 aliphatic rings. The number of fused-ring (bicyclic) bond motifs is 5. The molecule has 2 aliphatic heterocycles. The molecule has 33 heavy (non-hydrogen) atoms. The smallest absolute Gasteiger partial charge is 0.410 e. The quantitative estimate of drug-likeness (QED) is 0.559. The van der Waals surface area contributed by atoms with Crippen LogP contribution in [0.1, 0.15) is 43.3 Å². The Kier molecular flexibility index (Phi) is 5.08. The lowest BCUT2D eigenvalue weighted by Gasteiger charge is -2.41. The van der Waals surface area contributed by atoms with E-state index in [4.69, 9.17) is 9.47 Å². The van der Waals surface area contributed by atoms with Crippen LogP contribution in [0.2, 0.25) is 0 Å². The third kappa shape index (κ3) is 3.92. The van der Waals surface area contributed by atoms with Gasteiger partial charge in [-0.1, -0.05) is 0 Å². The van der Waals surface area contributed by atoms with Crippen molar-refractivity contribution in [1.82, 2.24) is 20.2 Å². The van der Waals surface area contributed by atoms with E-state index in [1.807, 2.05) is 32.9 Å². The molecular weight excluding hydrogens is 442 g/mol. The van der Waals surface area contributed by atoms with Gasteiger partial charge in [-0.2, -0.15) is 0 Å². The predicted octanol–water partition coefficient (Wildman–Crippen LogP) is 3.78. The van der Waals surface area contributed by atoms with Crippen LogP contribution < -0.4 is 15.4 Å². The number of methoxy groups -OCH3 is 1. The topological polar surface area (TPSA) is 106 Å². The number of carbonyl (C=O) groups is 2. The van der Waals surface area contributed by atoms with Crippen LogP contribution in [-0.4, -0.2) is 64.8 Å². The van der Waals surface area contributed by atoms with Gasteiger partial charge in [-0.3, -0.25) is 4.79 Å². The minimum atomic E-state index is -0.532. The average molecular weight is 470 g/mol. The largest absolute Gasteiger partial charge is 0.480 e. The van der Waals surface area contributed by atoms with E-state index in [1.165, 1.54) is 11.3 Å². The van der Waals surface area contributed by atoms with Gasteiger partial charge in [0.05, 0.1) is 35.6 Å². The lowest BCUT2D eigenvalue weighted by atomic mass is 9.87. The Hall–Kier alpha value is -3.14. The van der Waals surface area contributed by atoms with Crippen molar-refractivity contribution in [3.63, 3.8) is 0 Å². The third-order valence-electron chi connectivity index (χ3n) is 6.11. The van der Waals surface area contributed by atoms with Crippen LogP contribution in [-0.2, 0) is 4.74 Å². The van der Waals surface area contributed by atoms with Gasteiger partial charge in [-0.05, 0) is 45.7 Å². The maximum Gasteiger partial charge on any atom is 0.410 e. The molecule has 3 aromatic rings. The molecule has 0 radical (unpaired) electrons. The summed E-state index contributed by atoms with van der Waals surface area (Å²) in [4.78, 5) is 37.2. The minimum Gasteiger partial charge on any atom is -0.480 e. The summed E-state index contributed by atoms with van der Waals surface area (Å²) < 4.78 is 11.7. The SMILES string of the molecule is COc1cnc2c(ccc3sc4c(c32)NCC2(CCN(C(=O)OC(C)(C)C)CC2)NC4=O)n1. The van der Waals surface area contributed by atoms with Gasteiger partial charge in [0.15, 0.2) is 0 Å². The van der Waals surface area contributed by atoms with Gasteiger partial charge in [0.2, 0.25) is 5.88 Å². The van der Waals surface area contributed by atoms with Crippen molar-refractivity contribution < 1.29 is 19.1 Å². The van der Waals surface area contributed by atoms with Gasteiger partial charge in [0.1, 0.15) is 10.5 Å². The Morgan fingerprint density at radius 1 is 1.24 bits per heavy atom. The molecule has 0 atom stereocenters. The molecule has 0 saturated carbocycles. The number of nitrogens with one attached hydrogen (secondary N) is 2. The second-order valence-corrected chi connectivity index (χ2v) is 10.6. The molecule has 1 saturated heterocycles. The molecule has 2 N–H and O–H groups in total. The highest BCUT2D eigenvalue weighted by Crippen LogP contribution is 2.42. The zero-order chi connectivity index (χ0) is 23.4. The summed E-state index contributed by atoms with van der Waals surface area (Å²) in [6.07, 6.45) is 2.58. The summed E-state index contributed by atoms with van der Waals surface area (Å²) in [5, 5.41) is 7.70. The molecule has 9 nitrogen and oxygen atoms in total. The van der Waals surface area contributed by atoms with E-state index < -0.39 is 11.1 Å². The summed E-state index contributed by atoms with van der Waals surface area (Å²) >= 11 is 1.45. The van der Waals surface area contributed by atoms with E-state index in [2.05, 4.69) is 20.6 Å². The Morgan fingerprint density at radius 3 is 2.70 bits per heavy atom. The normalized spacial score (nSPS) is 17.9. The van der Waals surface area contributed by atoms with Crippen LogP contribution in [0, 0.1) is 0 Å². The molecule has 1 aromatic carbocycles. The second-order valence-electron chi connectivity index (χ2n) is 9.58. The van der Waals surface area contributed by atoms with Crippen LogP contribution >= 0.6 is 11.3 Å². The molecular formula is C23H27N5O4S. The van der Waals surface area contributed by atoms with Crippen molar-refractivity contribution in [1.29, 1.82) is 0 Å². The fraction of sp³-hybridized carbons (Fsp3) is 0.478. The highest BCUT2D eigenvalue weighted by atomic mass is 32.1. The van der Waals surface area contributed by atoms with Crippen molar-refractivity contribution in [3.05, 3.63) is 23.2 Å². The number of hydrogen-bond acceptors (Lipinski definition) is 8. The monoisotopic (exact) mass is 469 g/mol. The van der Waals surface area contributed by atoms with Crippen molar-refractivity contribution >= 4 is 50.1 Å². The highest BCUT2D eigenvalue weighted by molar-refractivity contribution is 7.21. The maximum atomic E-state index is 13.3. The molecule has 1 fully saturated rings. The number of aromatic nitrogens is 2. The summed E-state index contributed by atoms with van der Waals surface area (Å²) in [6.45, 7) is 7.20. The number of amides is 2. The average Bonchev–Trinajstić information content (AvgIpc) is 3.10. The van der Waals surface area contributed by atoms with E-state index >= 15 is 0 Å². The molecule has 2 amide bonds. The minimum absolute atomic E-state index is 0.100. The Balaban J connectivity index is 1.41. The number of benzene rings is 1. The number of thiophene rings is 1. The molecule has 0 bridgehead atoms. The van der Waals surface area contributed by atoms with E-state index in [0.29, 0.717) is 48.7 Å². The number of hydrogen-bond donors (Lipinski definition) is 2. The first-order chi connectivity index (χ1) is 15.7. The van der Waals surface area contributed by atoms with Gasteiger partial charge >= 0.3 is 6.09 Å². The van der Waals surface area contributed by atoms with Crippen molar-refractivity contribution in [3.8, 4) is 5.88 Å². The highest BCUT2D eigenvalue weighted by Gasteiger charge is 2.41. The van der Waals surface area contributed by atoms with Crippen LogP contribution in [0.3, 0.4) is 0 Å². The molecule has 10 heteroatoms. The molecule has 5 rings (SSSR count). The third-order valence-corrected chi connectivity index (χ3v) is 7.27. The lowest BCUT2D eigenvalue weighted by molar-refractivity contribution is 0.0157. The summed E-state index contributed by atoms with van der Waals surface area (Å²) in [5.74, 6) is 0.348. The van der Waals surface area contributed by atoms with Crippen molar-refractivity contribution in [2.45, 2.75) is 44.8 Å². The van der Waals surface area contributed by atoms with Crippen LogP contribution in [0.25, 0.3) is 21.1 Å². The zero-order valence-corrected chi connectivity index (χ0v) is 20.0. The molecule has 2 aromatic heterocycles. The van der Waals surface area contributed by atoms with Gasteiger partial charge in [-0.15, -0.1) is 11.3 Å². The maximum absolute atomic E-state index is 13.3. The molecule has 4 heterocycles. The molecule has 174 valence electrons. The van der Waals surface area contributed by atoms with Crippen LogP contribution in [0.4, 0.5) is 10.5 Å². The van der Waals surface area contributed by atoms with E-state index in [9.17, 15) is 9.59 Å². The second kappa shape index (κ2) is 7.72. The zero-order valence-electron chi connectivity index (χ0n) is 19.2. The van der Waals surface area contributed by atoms with E-state index in [1.54, 1.807) is 18.2 Å². The number of piperidine rings is 1. The summed E-state index contributed by atoms with van der Waals surface area (Å²) in [5.41, 5.74) is 1.29. The van der Waals surface area contributed by atoms with Gasteiger partial charge in [-0.25, -0.2) is 14.8 Å². The lowest BCUT2D eigenvalue weighted by Crippen LogP contribution is -2.58. The molecule has 0 unspecified atom stereocenters. The molecule has 1 spiro atoms. The first kappa shape index (κ1) is 21.7. The Bertz CT molecular complexity index is 1260. The number of nitrogens with zero attached hydrogens (tertiary/aromatic N) is 3. The molecule has 0 aliphatic carbocycles. The predicted molar refractivity (Wildman–Crippen MR) is 127 cm³/mol. The van der Waals surface area contributed by atoms with Gasteiger partial charge in [0, 0.05) is 29.7 Å². The standard InChI is InChI=1S/C23H27N5O4S/c1-22(2,3)32-21(30)28-9-7-23(8-10-28)12-25-18-16-14(33-19(18)20(29)27-23)6-5-13-17(16)24-11-15(26-13)31-4/h5-6,11,25H,7-10,12H2,1-4H3,(H,27,29). The fourth-order valence-electron chi connectivity index (χ4n) is 4.42. The first-order valence-corrected chi connectivity index (χ1v) is 11.8. The van der Waals surface area contributed by atoms with Crippen LogP contribution in [0.15, 0.2) is 18.3 Å². The fourth-order valence-corrected chi connectivity index (χ4v) is 5.50. The number of rotatable bonds is 1. The Labute approximate surface area is 195 Å². The van der Waals surface area contributed by atoms with E-state index in [0.717, 1.165) is 21.3 Å². The first-order valence-electron chi connectivity index (χ1n) is 11.0. The number of ether oxygens (including phenoxy) is 2. The van der Waals surface area contributed by atoms with Crippen LogP contribution in [0.5, 0.6) is 5.88 Å². The number of likely N-dealkylation sites (tertiary alicyclic amines) is 1. The number of carbonyl (C=O) groups excluding carboxylic acids is 2. The van der Waals surface area contributed by atoms with Crippen molar-refractivity contribution in [2.24, 2.45) is 0 Å². The van der Waals surface area contributed by atoms with Crippen molar-refractivity contribution in [2.75, 3.05) is 32.1 Å². The number of anilines is 1. The van der Waals surface area contributed by atoms with Gasteiger partial charge < -0.3 is 25.0 Å². The van der Waals surface area contributed by atoms with E-state index in [-0.39, 0.29) is 12.0 Å². The Morgan fingerprint density at radius 2 is 2.00 bits per heavy atom. The van der Waals surface area contributed by atoms with Gasteiger partial charge in [0.25, 0.3) is 5.91 Å². The summed E-state index contributed by atoms with van der Waals surface area (Å²) in [7, 11) is 1.56. The summed E-state index contributed by atoms with van der Waals surface area (Å²) in [6, 6.07) is 3.86.